The molecule has 2 aromatic carbocycles. The first kappa shape index (κ1) is 34.8. The Bertz CT molecular complexity index is 1240. The van der Waals surface area contributed by atoms with Crippen molar-refractivity contribution in [1.82, 2.24) is 10.1 Å². The van der Waals surface area contributed by atoms with Gasteiger partial charge in [-0.1, -0.05) is 29.8 Å². The maximum Gasteiger partial charge on any atom is 0.276 e. The Kier molecular flexibility index (Phi) is 16.3. The van der Waals surface area contributed by atoms with E-state index in [4.69, 9.17) is 19.9 Å². The molecule has 5 N–H and O–H groups in total. The Hall–Kier alpha value is -3.36. The van der Waals surface area contributed by atoms with E-state index in [0.29, 0.717) is 76.1 Å². The van der Waals surface area contributed by atoms with E-state index in [1.165, 1.54) is 12.1 Å². The van der Waals surface area contributed by atoms with Crippen LogP contribution in [-0.4, -0.2) is 78.7 Å². The fourth-order valence-electron chi connectivity index (χ4n) is 3.45. The first-order chi connectivity index (χ1) is 20.2. The number of sulfonamides is 1. The molecule has 13 heteroatoms. The zero-order chi connectivity index (χ0) is 30.6. The second-order valence-electron chi connectivity index (χ2n) is 9.42. The predicted octanol–water partition coefficient (Wildman–Crippen LogP) is 2.32. The van der Waals surface area contributed by atoms with Crippen LogP contribution in [0.5, 0.6) is 0 Å². The van der Waals surface area contributed by atoms with Gasteiger partial charge in [0.1, 0.15) is 0 Å². The largest absolute Gasteiger partial charge is 0.379 e. The van der Waals surface area contributed by atoms with Gasteiger partial charge in [-0.2, -0.15) is 18.4 Å². The topological polar surface area (TPSA) is 170 Å². The van der Waals surface area contributed by atoms with Crippen molar-refractivity contribution < 1.29 is 32.2 Å². The molecule has 0 aliphatic heterocycles. The number of carbonyl (C=O) groups is 2. The lowest BCUT2D eigenvalue weighted by Gasteiger charge is -2.09. The number of rotatable bonds is 21. The molecule has 0 saturated carbocycles. The Labute approximate surface area is 248 Å². The molecule has 0 bridgehead atoms. The standard InChI is InChI=1S/C29H43N5O7S/c1-23-8-10-27(11-9-23)42(37,38)34-33-24(2)25-6-3-7-26(22-25)32-29(36)13-12-28(35)31-15-5-17-40-19-21-41-20-18-39-16-4-14-30/h3,6-11,22,34H,4-5,12-21,30H2,1-2H3,(H,31,35)(H,32,36)/b33-24+. The van der Waals surface area contributed by atoms with E-state index >= 15 is 0 Å². The summed E-state index contributed by atoms with van der Waals surface area (Å²) in [6, 6.07) is 13.3. The smallest absolute Gasteiger partial charge is 0.276 e. The lowest BCUT2D eigenvalue weighted by atomic mass is 10.1. The van der Waals surface area contributed by atoms with Crippen molar-refractivity contribution >= 4 is 33.2 Å². The number of benzene rings is 2. The van der Waals surface area contributed by atoms with Crippen LogP contribution in [0.4, 0.5) is 5.69 Å². The number of nitrogens with zero attached hydrogens (tertiary/aromatic N) is 1. The summed E-state index contributed by atoms with van der Waals surface area (Å²) < 4.78 is 41.2. The van der Waals surface area contributed by atoms with Crippen LogP contribution < -0.4 is 21.2 Å². The number of hydrogen-bond donors (Lipinski definition) is 4. The SMILES string of the molecule is C/C(=N\NS(=O)(=O)c1ccc(C)cc1)c1cccc(NC(=O)CCC(=O)NCCCOCCOCCOCCCN)c1. The highest BCUT2D eigenvalue weighted by molar-refractivity contribution is 7.89. The molecule has 0 aliphatic rings. The van der Waals surface area contributed by atoms with Crippen molar-refractivity contribution in [1.29, 1.82) is 0 Å². The van der Waals surface area contributed by atoms with E-state index in [2.05, 4.69) is 20.6 Å². The Morgan fingerprint density at radius 2 is 1.48 bits per heavy atom. The highest BCUT2D eigenvalue weighted by Crippen LogP contribution is 2.14. The maximum absolute atomic E-state index is 12.5. The Morgan fingerprint density at radius 1 is 0.857 bits per heavy atom. The van der Waals surface area contributed by atoms with Gasteiger partial charge in [-0.3, -0.25) is 9.59 Å². The number of aryl methyl sites for hydroxylation is 1. The van der Waals surface area contributed by atoms with E-state index in [9.17, 15) is 18.0 Å². The normalized spacial score (nSPS) is 11.7. The second-order valence-corrected chi connectivity index (χ2v) is 11.1. The lowest BCUT2D eigenvalue weighted by molar-refractivity contribution is -0.124. The molecule has 12 nitrogen and oxygen atoms in total. The monoisotopic (exact) mass is 605 g/mol. The van der Waals surface area contributed by atoms with Gasteiger partial charge in [0.05, 0.1) is 37.0 Å². The molecule has 0 atom stereocenters. The summed E-state index contributed by atoms with van der Waals surface area (Å²) in [4.78, 5) is 26.8. The fourth-order valence-corrected chi connectivity index (χ4v) is 4.31. The van der Waals surface area contributed by atoms with Gasteiger partial charge in [-0.05, 0) is 63.1 Å². The lowest BCUT2D eigenvalue weighted by Crippen LogP contribution is -2.26. The molecule has 0 aliphatic carbocycles. The van der Waals surface area contributed by atoms with Gasteiger partial charge in [0, 0.05) is 38.3 Å². The number of hydrazone groups is 1. The van der Waals surface area contributed by atoms with E-state index in [1.807, 2.05) is 6.92 Å². The molecule has 0 aromatic heterocycles. The Morgan fingerprint density at radius 3 is 2.14 bits per heavy atom. The van der Waals surface area contributed by atoms with Gasteiger partial charge >= 0.3 is 0 Å². The summed E-state index contributed by atoms with van der Waals surface area (Å²) >= 11 is 0. The number of anilines is 1. The fraction of sp³-hybridized carbons (Fsp3) is 0.483. The van der Waals surface area contributed by atoms with Crippen LogP contribution in [0.1, 0.15) is 43.7 Å². The van der Waals surface area contributed by atoms with Crippen molar-refractivity contribution in [2.75, 3.05) is 58.0 Å². The van der Waals surface area contributed by atoms with E-state index in [-0.39, 0.29) is 29.6 Å². The molecule has 0 spiro atoms. The van der Waals surface area contributed by atoms with Gasteiger partial charge in [0.25, 0.3) is 10.0 Å². The van der Waals surface area contributed by atoms with Crippen molar-refractivity contribution in [3.63, 3.8) is 0 Å². The third-order valence-corrected chi connectivity index (χ3v) is 7.06. The number of amides is 2. The van der Waals surface area contributed by atoms with Crippen molar-refractivity contribution in [2.45, 2.75) is 44.4 Å². The summed E-state index contributed by atoms with van der Waals surface area (Å²) in [5, 5.41) is 9.54. The molecule has 42 heavy (non-hydrogen) atoms. The van der Waals surface area contributed by atoms with Crippen molar-refractivity contribution in [3.05, 3.63) is 59.7 Å². The quantitative estimate of drug-likeness (QED) is 0.0954. The molecule has 0 heterocycles. The molecule has 0 fully saturated rings. The first-order valence-corrected chi connectivity index (χ1v) is 15.4. The maximum atomic E-state index is 12.5. The molecule has 2 rings (SSSR count). The number of ether oxygens (including phenoxy) is 3. The van der Waals surface area contributed by atoms with Gasteiger partial charge < -0.3 is 30.6 Å². The minimum Gasteiger partial charge on any atom is -0.379 e. The van der Waals surface area contributed by atoms with E-state index < -0.39 is 10.0 Å². The average Bonchev–Trinajstić information content (AvgIpc) is 2.97. The van der Waals surface area contributed by atoms with Crippen molar-refractivity contribution in [2.24, 2.45) is 10.8 Å². The van der Waals surface area contributed by atoms with Gasteiger partial charge in [-0.25, -0.2) is 0 Å². The van der Waals surface area contributed by atoms with E-state index in [1.54, 1.807) is 43.3 Å². The summed E-state index contributed by atoms with van der Waals surface area (Å²) in [6.45, 7) is 7.71. The second kappa shape index (κ2) is 19.7. The van der Waals surface area contributed by atoms with Crippen LogP contribution in [0.2, 0.25) is 0 Å². The number of nitrogens with two attached hydrogens (primary N) is 1. The van der Waals surface area contributed by atoms with Crippen LogP contribution in [-0.2, 0) is 33.8 Å². The zero-order valence-electron chi connectivity index (χ0n) is 24.4. The van der Waals surface area contributed by atoms with Gasteiger partial charge in [0.2, 0.25) is 11.8 Å². The molecule has 0 saturated heterocycles. The van der Waals surface area contributed by atoms with Crippen molar-refractivity contribution in [3.8, 4) is 0 Å². The Balaban J connectivity index is 1.62. The van der Waals surface area contributed by atoms with Crippen LogP contribution in [0.25, 0.3) is 0 Å². The highest BCUT2D eigenvalue weighted by atomic mass is 32.2. The summed E-state index contributed by atoms with van der Waals surface area (Å²) in [6.07, 6.45) is 1.55. The van der Waals surface area contributed by atoms with Gasteiger partial charge in [-0.15, -0.1) is 0 Å². The minimum atomic E-state index is -3.81. The summed E-state index contributed by atoms with van der Waals surface area (Å²) in [5.41, 5.74) is 7.88. The first-order valence-electron chi connectivity index (χ1n) is 13.9. The molecular weight excluding hydrogens is 562 g/mol. The van der Waals surface area contributed by atoms with Crippen LogP contribution in [0.15, 0.2) is 58.5 Å². The third kappa shape index (κ3) is 14.5. The molecule has 2 aromatic rings. The zero-order valence-corrected chi connectivity index (χ0v) is 25.2. The third-order valence-electron chi connectivity index (χ3n) is 5.83. The number of nitrogens with one attached hydrogen (secondary N) is 3. The molecule has 232 valence electrons. The van der Waals surface area contributed by atoms with Crippen LogP contribution in [0, 0.1) is 6.92 Å². The highest BCUT2D eigenvalue weighted by Gasteiger charge is 2.13. The van der Waals surface area contributed by atoms with E-state index in [0.717, 1.165) is 12.0 Å². The molecule has 0 radical (unpaired) electrons. The number of hydrogen-bond acceptors (Lipinski definition) is 9. The average molecular weight is 606 g/mol. The van der Waals surface area contributed by atoms with Crippen LogP contribution in [0.3, 0.4) is 0 Å². The number of carbonyl (C=O) groups excluding carboxylic acids is 2. The summed E-state index contributed by atoms with van der Waals surface area (Å²) in [7, 11) is -3.81. The molecule has 0 unspecified atom stereocenters. The van der Waals surface area contributed by atoms with Crippen LogP contribution >= 0.6 is 0 Å². The summed E-state index contributed by atoms with van der Waals surface area (Å²) in [5.74, 6) is -0.536. The minimum absolute atomic E-state index is 0.0171. The molecular formula is C29H43N5O7S. The predicted molar refractivity (Wildman–Crippen MR) is 162 cm³/mol. The van der Waals surface area contributed by atoms with Gasteiger partial charge in [0.15, 0.2) is 0 Å². The molecule has 2 amide bonds.